The molecule has 0 bridgehead atoms. The van der Waals surface area contributed by atoms with Crippen LogP contribution in [-0.2, 0) is 4.79 Å². The smallest absolute Gasteiger partial charge is 0.220 e. The van der Waals surface area contributed by atoms with E-state index in [1.807, 2.05) is 14.1 Å². The van der Waals surface area contributed by atoms with Crippen molar-refractivity contribution in [3.63, 3.8) is 0 Å². The van der Waals surface area contributed by atoms with E-state index in [9.17, 15) is 4.79 Å². The van der Waals surface area contributed by atoms with E-state index in [2.05, 4.69) is 24.1 Å². The molecular formula is C13H27N3O. The van der Waals surface area contributed by atoms with Gasteiger partial charge in [-0.25, -0.2) is 0 Å². The maximum atomic E-state index is 11.8. The highest BCUT2D eigenvalue weighted by Gasteiger charge is 2.27. The summed E-state index contributed by atoms with van der Waals surface area (Å²) in [5, 5.41) is 3.02. The van der Waals surface area contributed by atoms with Crippen molar-refractivity contribution in [1.82, 2.24) is 10.2 Å². The summed E-state index contributed by atoms with van der Waals surface area (Å²) in [5.41, 5.74) is 5.96. The minimum Gasteiger partial charge on any atom is -0.354 e. The highest BCUT2D eigenvalue weighted by Crippen LogP contribution is 2.26. The minimum atomic E-state index is -0.00650. The Labute approximate surface area is 105 Å². The lowest BCUT2D eigenvalue weighted by molar-refractivity contribution is -0.122. The number of carbonyl (C=O) groups excluding carboxylic acids is 1. The van der Waals surface area contributed by atoms with Gasteiger partial charge in [0.1, 0.15) is 0 Å². The van der Waals surface area contributed by atoms with E-state index >= 15 is 0 Å². The van der Waals surface area contributed by atoms with E-state index in [1.165, 1.54) is 6.42 Å². The Balaban J connectivity index is 2.30. The highest BCUT2D eigenvalue weighted by atomic mass is 16.1. The number of amides is 1. The Morgan fingerprint density at radius 3 is 2.53 bits per heavy atom. The molecule has 0 aromatic rings. The summed E-state index contributed by atoms with van der Waals surface area (Å²) in [4.78, 5) is 13.9. The van der Waals surface area contributed by atoms with Crippen LogP contribution in [0.15, 0.2) is 0 Å². The van der Waals surface area contributed by atoms with Crippen molar-refractivity contribution in [2.75, 3.05) is 20.6 Å². The van der Waals surface area contributed by atoms with E-state index in [4.69, 9.17) is 5.73 Å². The third-order valence-corrected chi connectivity index (χ3v) is 4.09. The second kappa shape index (κ2) is 5.83. The molecule has 0 unspecified atom stereocenters. The van der Waals surface area contributed by atoms with Crippen molar-refractivity contribution in [3.8, 4) is 0 Å². The summed E-state index contributed by atoms with van der Waals surface area (Å²) in [7, 11) is 4.05. The van der Waals surface area contributed by atoms with Gasteiger partial charge in [0.25, 0.3) is 0 Å². The van der Waals surface area contributed by atoms with Crippen molar-refractivity contribution in [3.05, 3.63) is 0 Å². The average molecular weight is 241 g/mol. The van der Waals surface area contributed by atoms with Gasteiger partial charge >= 0.3 is 0 Å². The number of nitrogens with one attached hydrogen (secondary N) is 1. The van der Waals surface area contributed by atoms with Crippen LogP contribution in [0.2, 0.25) is 0 Å². The molecular weight excluding hydrogens is 214 g/mol. The Kier molecular flexibility index (Phi) is 4.95. The third kappa shape index (κ3) is 4.28. The zero-order chi connectivity index (χ0) is 13.1. The first-order valence-electron chi connectivity index (χ1n) is 6.52. The molecule has 1 aliphatic carbocycles. The first-order valence-corrected chi connectivity index (χ1v) is 6.52. The summed E-state index contributed by atoms with van der Waals surface area (Å²) >= 11 is 0. The van der Waals surface area contributed by atoms with Gasteiger partial charge in [0.05, 0.1) is 0 Å². The Hall–Kier alpha value is -0.610. The molecule has 0 aromatic carbocycles. The van der Waals surface area contributed by atoms with Gasteiger partial charge in [-0.15, -0.1) is 0 Å². The van der Waals surface area contributed by atoms with Crippen molar-refractivity contribution >= 4 is 5.91 Å². The first-order chi connectivity index (χ1) is 7.83. The number of nitrogens with zero attached hydrogens (tertiary/aromatic N) is 1. The number of rotatable bonds is 5. The van der Waals surface area contributed by atoms with Crippen LogP contribution in [0.1, 0.15) is 39.5 Å². The second-order valence-corrected chi connectivity index (χ2v) is 6.04. The molecule has 0 spiro atoms. The molecule has 1 saturated carbocycles. The summed E-state index contributed by atoms with van der Waals surface area (Å²) in [6.07, 6.45) is 3.93. The van der Waals surface area contributed by atoms with Gasteiger partial charge in [0.2, 0.25) is 5.91 Å². The number of likely N-dealkylation sites (N-methyl/N-ethyl adjacent to an activating group) is 1. The van der Waals surface area contributed by atoms with Gasteiger partial charge in [-0.1, -0.05) is 6.42 Å². The van der Waals surface area contributed by atoms with Crippen molar-refractivity contribution in [2.24, 2.45) is 11.7 Å². The molecule has 1 fully saturated rings. The molecule has 0 aromatic heterocycles. The van der Waals surface area contributed by atoms with Crippen LogP contribution in [-0.4, -0.2) is 43.0 Å². The predicted molar refractivity (Wildman–Crippen MR) is 70.7 cm³/mol. The molecule has 3 N–H and O–H groups in total. The van der Waals surface area contributed by atoms with Crippen LogP contribution in [0.4, 0.5) is 0 Å². The minimum absolute atomic E-state index is 0.00650. The zero-order valence-electron chi connectivity index (χ0n) is 11.6. The van der Waals surface area contributed by atoms with Crippen LogP contribution in [0, 0.1) is 5.92 Å². The molecule has 4 nitrogen and oxygen atoms in total. The van der Waals surface area contributed by atoms with Gasteiger partial charge < -0.3 is 16.0 Å². The summed E-state index contributed by atoms with van der Waals surface area (Å²) < 4.78 is 0. The number of hydrogen-bond donors (Lipinski definition) is 2. The molecule has 4 heteroatoms. The monoisotopic (exact) mass is 241 g/mol. The van der Waals surface area contributed by atoms with E-state index in [-0.39, 0.29) is 17.5 Å². The molecule has 0 radical (unpaired) electrons. The molecule has 100 valence electrons. The van der Waals surface area contributed by atoms with Crippen molar-refractivity contribution < 1.29 is 4.79 Å². The standard InChI is InChI=1S/C13H27N3O/c1-13(2,16(3)4)9-15-12(17)8-10-6-5-7-11(10)14/h10-11H,5-9,14H2,1-4H3,(H,15,17)/t10-,11+/m0/s1. The highest BCUT2D eigenvalue weighted by molar-refractivity contribution is 5.76. The fraction of sp³-hybridized carbons (Fsp3) is 0.923. The third-order valence-electron chi connectivity index (χ3n) is 4.09. The molecule has 1 rings (SSSR count). The molecule has 0 aliphatic heterocycles. The Bertz CT molecular complexity index is 263. The van der Waals surface area contributed by atoms with Crippen LogP contribution in [0.3, 0.4) is 0 Å². The van der Waals surface area contributed by atoms with Crippen LogP contribution in [0.5, 0.6) is 0 Å². The van der Waals surface area contributed by atoms with Gasteiger partial charge in [-0.2, -0.15) is 0 Å². The lowest BCUT2D eigenvalue weighted by Gasteiger charge is -2.32. The summed E-state index contributed by atoms with van der Waals surface area (Å²) in [6.45, 7) is 4.92. The van der Waals surface area contributed by atoms with Crippen LogP contribution in [0.25, 0.3) is 0 Å². The van der Waals surface area contributed by atoms with Crippen LogP contribution < -0.4 is 11.1 Å². The van der Waals surface area contributed by atoms with Crippen LogP contribution >= 0.6 is 0 Å². The maximum Gasteiger partial charge on any atom is 0.220 e. The fourth-order valence-corrected chi connectivity index (χ4v) is 2.10. The number of nitrogens with two attached hydrogens (primary N) is 1. The topological polar surface area (TPSA) is 58.4 Å². The predicted octanol–water partition coefficient (Wildman–Crippen LogP) is 0.960. The lowest BCUT2D eigenvalue weighted by Crippen LogP contribution is -2.48. The fourth-order valence-electron chi connectivity index (χ4n) is 2.10. The van der Waals surface area contributed by atoms with E-state index in [1.54, 1.807) is 0 Å². The zero-order valence-corrected chi connectivity index (χ0v) is 11.6. The maximum absolute atomic E-state index is 11.8. The normalized spacial score (nSPS) is 25.3. The Morgan fingerprint density at radius 1 is 1.41 bits per heavy atom. The summed E-state index contributed by atoms with van der Waals surface area (Å²) in [6, 6.07) is 0.225. The first kappa shape index (κ1) is 14.5. The van der Waals surface area contributed by atoms with Gasteiger partial charge in [0, 0.05) is 24.5 Å². The quantitative estimate of drug-likeness (QED) is 0.754. The van der Waals surface area contributed by atoms with Gasteiger partial charge in [-0.05, 0) is 46.7 Å². The van der Waals surface area contributed by atoms with E-state index in [0.29, 0.717) is 18.9 Å². The Morgan fingerprint density at radius 2 is 2.06 bits per heavy atom. The second-order valence-electron chi connectivity index (χ2n) is 6.04. The molecule has 1 amide bonds. The average Bonchev–Trinajstić information content (AvgIpc) is 2.61. The van der Waals surface area contributed by atoms with Crippen molar-refractivity contribution in [1.29, 1.82) is 0 Å². The molecule has 0 heterocycles. The van der Waals surface area contributed by atoms with E-state index in [0.717, 1.165) is 12.8 Å². The molecule has 0 saturated heterocycles. The number of carbonyl (C=O) groups is 1. The number of hydrogen-bond acceptors (Lipinski definition) is 3. The van der Waals surface area contributed by atoms with Gasteiger partial charge in [0.15, 0.2) is 0 Å². The molecule has 2 atom stereocenters. The lowest BCUT2D eigenvalue weighted by atomic mass is 9.99. The van der Waals surface area contributed by atoms with E-state index < -0.39 is 0 Å². The van der Waals surface area contributed by atoms with Gasteiger partial charge in [-0.3, -0.25) is 4.79 Å². The molecule has 1 aliphatic rings. The summed E-state index contributed by atoms with van der Waals surface area (Å²) in [5.74, 6) is 0.528. The van der Waals surface area contributed by atoms with Crippen molar-refractivity contribution in [2.45, 2.75) is 51.1 Å². The SMILES string of the molecule is CN(C)C(C)(C)CNC(=O)C[C@@H]1CCC[C@H]1N. The largest absolute Gasteiger partial charge is 0.354 e. The molecule has 17 heavy (non-hydrogen) atoms.